The van der Waals surface area contributed by atoms with Crippen LogP contribution in [-0.2, 0) is 27.1 Å². The summed E-state index contributed by atoms with van der Waals surface area (Å²) in [6.07, 6.45) is -6.90. The molecular formula is C10H22AsO11P. The Kier molecular flexibility index (Phi) is 7.91. The molecule has 5 N–H and O–H groups in total. The first-order chi connectivity index (χ1) is 10.4. The van der Waals surface area contributed by atoms with E-state index in [4.69, 9.17) is 14.9 Å². The van der Waals surface area contributed by atoms with E-state index < -0.39 is 65.2 Å². The van der Waals surface area contributed by atoms with E-state index in [1.54, 1.807) is 0 Å². The van der Waals surface area contributed by atoms with E-state index in [0.29, 0.717) is 0 Å². The van der Waals surface area contributed by atoms with Crippen molar-refractivity contribution in [2.75, 3.05) is 13.2 Å². The molecular weight excluding hydrogens is 402 g/mol. The van der Waals surface area contributed by atoms with Crippen LogP contribution in [0.1, 0.15) is 0 Å². The third kappa shape index (κ3) is 7.33. The van der Waals surface area contributed by atoms with E-state index in [1.165, 1.54) is 11.4 Å². The summed E-state index contributed by atoms with van der Waals surface area (Å²) in [5, 5.41) is 37.1. The van der Waals surface area contributed by atoms with Crippen LogP contribution in [0.5, 0.6) is 0 Å². The molecule has 1 aliphatic heterocycles. The SMILES string of the molecule is C[As](C)(=O)C[C@H]1O[C@@H](OOP(=O)(O)OCC(O)CO)[C@H](O)[C@@H]1O. The van der Waals surface area contributed by atoms with Crippen LogP contribution < -0.4 is 0 Å². The van der Waals surface area contributed by atoms with Crippen LogP contribution in [0.2, 0.25) is 16.6 Å². The second-order valence-electron chi connectivity index (χ2n) is 5.55. The van der Waals surface area contributed by atoms with Gasteiger partial charge in [0.1, 0.15) is 0 Å². The van der Waals surface area contributed by atoms with Gasteiger partial charge in [-0.25, -0.2) is 0 Å². The molecule has 0 aromatic carbocycles. The summed E-state index contributed by atoms with van der Waals surface area (Å²) in [6, 6.07) is 0. The zero-order chi connectivity index (χ0) is 17.8. The molecule has 1 heterocycles. The minimum absolute atomic E-state index is 0.0340. The van der Waals surface area contributed by atoms with Crippen LogP contribution in [0.3, 0.4) is 0 Å². The predicted molar refractivity (Wildman–Crippen MR) is 74.7 cm³/mol. The van der Waals surface area contributed by atoms with Crippen LogP contribution in [0.15, 0.2) is 0 Å². The molecule has 0 radical (unpaired) electrons. The molecule has 0 amide bonds. The van der Waals surface area contributed by atoms with E-state index in [2.05, 4.69) is 14.1 Å². The van der Waals surface area contributed by atoms with Gasteiger partial charge in [-0.15, -0.1) is 0 Å². The van der Waals surface area contributed by atoms with Crippen LogP contribution >= 0.6 is 7.82 Å². The molecule has 23 heavy (non-hydrogen) atoms. The van der Waals surface area contributed by atoms with Gasteiger partial charge in [0.2, 0.25) is 0 Å². The van der Waals surface area contributed by atoms with Crippen LogP contribution in [0.25, 0.3) is 0 Å². The summed E-state index contributed by atoms with van der Waals surface area (Å²) in [4.78, 5) is 13.7. The fourth-order valence-corrected chi connectivity index (χ4v) is 4.78. The molecule has 0 aromatic heterocycles. The third-order valence-electron chi connectivity index (χ3n) is 2.81. The van der Waals surface area contributed by atoms with Crippen molar-refractivity contribution in [2.24, 2.45) is 0 Å². The van der Waals surface area contributed by atoms with Gasteiger partial charge in [0, 0.05) is 0 Å². The molecule has 1 aliphatic rings. The van der Waals surface area contributed by atoms with Crippen molar-refractivity contribution in [2.45, 2.75) is 47.3 Å². The van der Waals surface area contributed by atoms with Gasteiger partial charge < -0.3 is 0 Å². The second kappa shape index (κ2) is 8.55. The molecule has 13 heteroatoms. The summed E-state index contributed by atoms with van der Waals surface area (Å²) >= 11 is -3.17. The number of hydrogen-bond donors (Lipinski definition) is 5. The monoisotopic (exact) mass is 424 g/mol. The van der Waals surface area contributed by atoms with Crippen LogP contribution in [0, 0.1) is 0 Å². The van der Waals surface area contributed by atoms with Crippen molar-refractivity contribution in [3.63, 3.8) is 0 Å². The zero-order valence-corrected chi connectivity index (χ0v) is 15.4. The van der Waals surface area contributed by atoms with E-state index >= 15 is 0 Å². The number of ether oxygens (including phenoxy) is 1. The number of phosphoric ester groups is 1. The van der Waals surface area contributed by atoms with Gasteiger partial charge in [0.25, 0.3) is 0 Å². The molecule has 2 unspecified atom stereocenters. The van der Waals surface area contributed by atoms with Crippen LogP contribution in [-0.4, -0.2) is 82.7 Å². The molecule has 138 valence electrons. The Morgan fingerprint density at radius 1 is 1.30 bits per heavy atom. The second-order valence-corrected chi connectivity index (χ2v) is 14.3. The van der Waals surface area contributed by atoms with Gasteiger partial charge >= 0.3 is 134 Å². The number of rotatable bonds is 9. The van der Waals surface area contributed by atoms with E-state index in [1.807, 2.05) is 0 Å². The number of aliphatic hydroxyl groups excluding tert-OH is 4. The molecule has 0 aromatic rings. The average Bonchev–Trinajstić information content (AvgIpc) is 2.69. The molecule has 0 bridgehead atoms. The predicted octanol–water partition coefficient (Wildman–Crippen LogP) is -1.51. The van der Waals surface area contributed by atoms with Crippen molar-refractivity contribution in [3.05, 3.63) is 0 Å². The quantitative estimate of drug-likeness (QED) is 0.126. The maximum absolute atomic E-state index is 11.8. The van der Waals surface area contributed by atoms with Gasteiger partial charge in [-0.1, -0.05) is 0 Å². The third-order valence-corrected chi connectivity index (χ3v) is 6.16. The standard InChI is InChI=1S/C10H22AsO11P/c1-11(2,16)3-7-8(14)9(15)10(20-7)21-22-23(17,18)19-5-6(13)4-12/h6-10,12-15H,3-5H2,1-2H3,(H,17,18)/t6?,7-,8-,9-,10+/m1/s1. The molecule has 6 atom stereocenters. The Hall–Kier alpha value is 0.228. The van der Waals surface area contributed by atoms with Crippen molar-refractivity contribution in [1.82, 2.24) is 0 Å². The van der Waals surface area contributed by atoms with Gasteiger partial charge in [-0.2, -0.15) is 0 Å². The molecule has 11 nitrogen and oxygen atoms in total. The van der Waals surface area contributed by atoms with Gasteiger partial charge in [-0.05, 0) is 0 Å². The van der Waals surface area contributed by atoms with E-state index in [0.717, 1.165) is 0 Å². The first-order valence-electron chi connectivity index (χ1n) is 6.62. The Morgan fingerprint density at radius 3 is 2.43 bits per heavy atom. The topological polar surface area (TPSA) is 172 Å². The molecule has 0 spiro atoms. The maximum atomic E-state index is 11.8. The summed E-state index contributed by atoms with van der Waals surface area (Å²) < 4.78 is 36.8. The van der Waals surface area contributed by atoms with Gasteiger partial charge in [-0.3, -0.25) is 0 Å². The molecule has 1 fully saturated rings. The molecule has 1 saturated heterocycles. The van der Waals surface area contributed by atoms with Crippen molar-refractivity contribution < 1.29 is 52.4 Å². The van der Waals surface area contributed by atoms with Gasteiger partial charge in [0.05, 0.1) is 0 Å². The summed E-state index contributed by atoms with van der Waals surface area (Å²) in [7, 11) is -4.74. The van der Waals surface area contributed by atoms with Crippen molar-refractivity contribution in [3.8, 4) is 0 Å². The van der Waals surface area contributed by atoms with Crippen molar-refractivity contribution >= 4 is 21.3 Å². The summed E-state index contributed by atoms with van der Waals surface area (Å²) in [6.45, 7) is -1.38. The molecule has 1 rings (SSSR count). The Balaban J connectivity index is 2.51. The van der Waals surface area contributed by atoms with Gasteiger partial charge in [0.15, 0.2) is 0 Å². The number of hydrogen-bond acceptors (Lipinski definition) is 10. The first-order valence-corrected chi connectivity index (χ1v) is 14.0. The van der Waals surface area contributed by atoms with Crippen molar-refractivity contribution in [1.29, 1.82) is 0 Å². The number of aliphatic hydroxyl groups is 4. The fraction of sp³-hybridized carbons (Fsp3) is 1.00. The first kappa shape index (κ1) is 21.3. The fourth-order valence-electron chi connectivity index (χ4n) is 1.73. The van der Waals surface area contributed by atoms with Crippen LogP contribution in [0.4, 0.5) is 0 Å². The average molecular weight is 424 g/mol. The Morgan fingerprint density at radius 2 is 1.91 bits per heavy atom. The summed E-state index contributed by atoms with van der Waals surface area (Å²) in [5.74, 6) is 0. The van der Waals surface area contributed by atoms with E-state index in [-0.39, 0.29) is 5.21 Å². The summed E-state index contributed by atoms with van der Waals surface area (Å²) in [5.41, 5.74) is 3.07. The molecule has 0 aliphatic carbocycles. The Bertz CT molecular complexity index is 468. The minimum atomic E-state index is -4.74. The molecule has 0 saturated carbocycles. The normalized spacial score (nSPS) is 32.7. The van der Waals surface area contributed by atoms with E-state index in [9.17, 15) is 23.4 Å². The number of phosphoric acid groups is 1. The zero-order valence-electron chi connectivity index (χ0n) is 12.6. The Labute approximate surface area is 135 Å².